The van der Waals surface area contributed by atoms with Crippen molar-refractivity contribution in [3.05, 3.63) is 29.3 Å². The van der Waals surface area contributed by atoms with Gasteiger partial charge >= 0.3 is 0 Å². The van der Waals surface area contributed by atoms with Crippen molar-refractivity contribution in [3.8, 4) is 0 Å². The summed E-state index contributed by atoms with van der Waals surface area (Å²) >= 11 is 1.97. The van der Waals surface area contributed by atoms with Crippen LogP contribution in [-0.2, 0) is 21.5 Å². The van der Waals surface area contributed by atoms with E-state index in [1.54, 1.807) is 7.11 Å². The number of hydrogen-bond acceptors (Lipinski definition) is 3. The first-order chi connectivity index (χ1) is 7.84. The predicted molar refractivity (Wildman–Crippen MR) is 65.0 cm³/mol. The van der Waals surface area contributed by atoms with Crippen molar-refractivity contribution in [1.82, 2.24) is 0 Å². The molecule has 0 aliphatic carbocycles. The lowest BCUT2D eigenvalue weighted by Crippen LogP contribution is -2.48. The topological polar surface area (TPSA) is 18.5 Å². The Morgan fingerprint density at radius 3 is 2.94 bits per heavy atom. The van der Waals surface area contributed by atoms with E-state index in [9.17, 15) is 0 Å². The molecule has 3 rings (SSSR count). The van der Waals surface area contributed by atoms with Gasteiger partial charge in [-0.1, -0.05) is 12.1 Å². The SMILES string of the molecule is COC1(c2ccc3c(c2)CCCS3)COC1. The van der Waals surface area contributed by atoms with E-state index in [0.717, 1.165) is 0 Å². The summed E-state index contributed by atoms with van der Waals surface area (Å²) < 4.78 is 10.9. The van der Waals surface area contributed by atoms with Gasteiger partial charge in [-0.2, -0.15) is 0 Å². The molecule has 0 bridgehead atoms. The Morgan fingerprint density at radius 1 is 1.38 bits per heavy atom. The highest BCUT2D eigenvalue weighted by Gasteiger charge is 2.40. The van der Waals surface area contributed by atoms with Crippen molar-refractivity contribution in [1.29, 1.82) is 0 Å². The zero-order chi connectivity index (χ0) is 11.0. The van der Waals surface area contributed by atoms with Gasteiger partial charge in [0.05, 0.1) is 13.2 Å². The third kappa shape index (κ3) is 1.58. The smallest absolute Gasteiger partial charge is 0.139 e. The Labute approximate surface area is 100 Å². The second-order valence-electron chi connectivity index (χ2n) is 4.47. The Balaban J connectivity index is 1.96. The molecular weight excluding hydrogens is 220 g/mol. The maximum Gasteiger partial charge on any atom is 0.139 e. The molecule has 0 saturated carbocycles. The van der Waals surface area contributed by atoms with Gasteiger partial charge in [0.1, 0.15) is 5.60 Å². The van der Waals surface area contributed by atoms with Crippen LogP contribution in [0.15, 0.2) is 23.1 Å². The first-order valence-corrected chi connectivity index (χ1v) is 6.72. The average Bonchev–Trinajstić information content (AvgIpc) is 2.28. The summed E-state index contributed by atoms with van der Waals surface area (Å²) in [7, 11) is 1.77. The number of ether oxygens (including phenoxy) is 2. The van der Waals surface area contributed by atoms with Crippen molar-refractivity contribution >= 4 is 11.8 Å². The quantitative estimate of drug-likeness (QED) is 0.786. The Bertz CT molecular complexity index is 393. The lowest BCUT2D eigenvalue weighted by molar-refractivity contribution is -0.202. The minimum Gasteiger partial charge on any atom is -0.375 e. The van der Waals surface area contributed by atoms with Gasteiger partial charge in [0.25, 0.3) is 0 Å². The summed E-state index contributed by atoms with van der Waals surface area (Å²) in [6, 6.07) is 6.75. The summed E-state index contributed by atoms with van der Waals surface area (Å²) in [5.41, 5.74) is 2.59. The number of fused-ring (bicyclic) bond motifs is 1. The van der Waals surface area contributed by atoms with Crippen molar-refractivity contribution in [3.63, 3.8) is 0 Å². The maximum atomic E-state index is 5.62. The van der Waals surface area contributed by atoms with Gasteiger partial charge < -0.3 is 9.47 Å². The Kier molecular flexibility index (Phi) is 2.70. The number of aryl methyl sites for hydroxylation is 1. The molecule has 2 aliphatic heterocycles. The van der Waals surface area contributed by atoms with Gasteiger partial charge in [-0.25, -0.2) is 0 Å². The number of benzene rings is 1. The highest BCUT2D eigenvalue weighted by Crippen LogP contribution is 2.37. The van der Waals surface area contributed by atoms with Gasteiger partial charge in [-0.15, -0.1) is 11.8 Å². The van der Waals surface area contributed by atoms with E-state index in [-0.39, 0.29) is 5.60 Å². The fourth-order valence-corrected chi connectivity index (χ4v) is 3.35. The van der Waals surface area contributed by atoms with E-state index < -0.39 is 0 Å². The van der Waals surface area contributed by atoms with Crippen LogP contribution in [0.3, 0.4) is 0 Å². The van der Waals surface area contributed by atoms with Crippen LogP contribution < -0.4 is 0 Å². The zero-order valence-corrected chi connectivity index (χ0v) is 10.3. The van der Waals surface area contributed by atoms with Gasteiger partial charge in [-0.05, 0) is 35.8 Å². The first kappa shape index (κ1) is 10.6. The van der Waals surface area contributed by atoms with Crippen LogP contribution in [-0.4, -0.2) is 26.1 Å². The van der Waals surface area contributed by atoms with Crippen LogP contribution in [0.5, 0.6) is 0 Å². The summed E-state index contributed by atoms with van der Waals surface area (Å²) in [6.07, 6.45) is 2.49. The summed E-state index contributed by atoms with van der Waals surface area (Å²) in [4.78, 5) is 1.45. The fraction of sp³-hybridized carbons (Fsp3) is 0.538. The lowest BCUT2D eigenvalue weighted by Gasteiger charge is -2.40. The van der Waals surface area contributed by atoms with E-state index in [1.807, 2.05) is 11.8 Å². The van der Waals surface area contributed by atoms with E-state index >= 15 is 0 Å². The van der Waals surface area contributed by atoms with Gasteiger partial charge in [0.2, 0.25) is 0 Å². The van der Waals surface area contributed by atoms with E-state index in [2.05, 4.69) is 18.2 Å². The molecule has 0 unspecified atom stereocenters. The molecule has 0 amide bonds. The van der Waals surface area contributed by atoms with Gasteiger partial charge in [0, 0.05) is 12.0 Å². The van der Waals surface area contributed by atoms with Crippen molar-refractivity contribution in [2.24, 2.45) is 0 Å². The molecule has 0 aromatic heterocycles. The zero-order valence-electron chi connectivity index (χ0n) is 9.49. The molecule has 16 heavy (non-hydrogen) atoms. The van der Waals surface area contributed by atoms with E-state index in [1.165, 1.54) is 34.6 Å². The van der Waals surface area contributed by atoms with Crippen molar-refractivity contribution in [2.75, 3.05) is 26.1 Å². The molecule has 1 fully saturated rings. The predicted octanol–water partition coefficient (Wildman–Crippen LogP) is 2.60. The standard InChI is InChI=1S/C13H16O2S/c1-14-13(8-15-9-13)11-4-5-12-10(7-11)3-2-6-16-12/h4-5,7H,2-3,6,8-9H2,1H3. The number of methoxy groups -OCH3 is 1. The van der Waals surface area contributed by atoms with Crippen LogP contribution in [0.25, 0.3) is 0 Å². The summed E-state index contributed by atoms with van der Waals surface area (Å²) in [5.74, 6) is 1.25. The highest BCUT2D eigenvalue weighted by molar-refractivity contribution is 7.99. The molecule has 0 radical (unpaired) electrons. The van der Waals surface area contributed by atoms with Gasteiger partial charge in [0.15, 0.2) is 0 Å². The second-order valence-corrected chi connectivity index (χ2v) is 5.60. The summed E-state index contributed by atoms with van der Waals surface area (Å²) in [6.45, 7) is 1.38. The number of rotatable bonds is 2. The maximum absolute atomic E-state index is 5.62. The van der Waals surface area contributed by atoms with Crippen LogP contribution in [0.1, 0.15) is 17.5 Å². The molecule has 2 heterocycles. The van der Waals surface area contributed by atoms with Crippen LogP contribution in [0, 0.1) is 0 Å². The normalized spacial score (nSPS) is 22.3. The highest BCUT2D eigenvalue weighted by atomic mass is 32.2. The third-order valence-corrected chi connectivity index (χ3v) is 4.70. The monoisotopic (exact) mass is 236 g/mol. The Hall–Kier alpha value is -0.510. The van der Waals surface area contributed by atoms with E-state index in [4.69, 9.17) is 9.47 Å². The molecular formula is C13H16O2S. The fourth-order valence-electron chi connectivity index (χ4n) is 2.33. The molecule has 2 nitrogen and oxygen atoms in total. The van der Waals surface area contributed by atoms with Crippen LogP contribution in [0.4, 0.5) is 0 Å². The van der Waals surface area contributed by atoms with Crippen LogP contribution >= 0.6 is 11.8 Å². The first-order valence-electron chi connectivity index (χ1n) is 5.73. The number of thioether (sulfide) groups is 1. The second kappa shape index (κ2) is 4.06. The molecule has 1 aromatic carbocycles. The van der Waals surface area contributed by atoms with Gasteiger partial charge in [-0.3, -0.25) is 0 Å². The summed E-state index contributed by atoms with van der Waals surface area (Å²) in [5, 5.41) is 0. The minimum atomic E-state index is -0.170. The van der Waals surface area contributed by atoms with Crippen molar-refractivity contribution < 1.29 is 9.47 Å². The molecule has 0 spiro atoms. The molecule has 86 valence electrons. The molecule has 0 atom stereocenters. The molecule has 2 aliphatic rings. The van der Waals surface area contributed by atoms with E-state index in [0.29, 0.717) is 13.2 Å². The molecule has 0 N–H and O–H groups in total. The average molecular weight is 236 g/mol. The molecule has 3 heteroatoms. The molecule has 1 aromatic rings. The lowest BCUT2D eigenvalue weighted by atomic mass is 9.90. The molecule has 1 saturated heterocycles. The number of hydrogen-bond donors (Lipinski definition) is 0. The van der Waals surface area contributed by atoms with Crippen molar-refractivity contribution in [2.45, 2.75) is 23.3 Å². The van der Waals surface area contributed by atoms with Crippen LogP contribution in [0.2, 0.25) is 0 Å². The minimum absolute atomic E-state index is 0.170. The third-order valence-electron chi connectivity index (χ3n) is 3.50. The Morgan fingerprint density at radius 2 is 2.25 bits per heavy atom. The largest absolute Gasteiger partial charge is 0.375 e.